The zero-order chi connectivity index (χ0) is 21.9. The minimum atomic E-state index is -4.64. The lowest BCUT2D eigenvalue weighted by molar-refractivity contribution is -0.253. The van der Waals surface area contributed by atoms with Crippen LogP contribution in [0.15, 0.2) is 48.5 Å². The Bertz CT molecular complexity index is 933. The molecule has 11 heteroatoms. The maximum atomic E-state index is 12.9. The maximum absolute atomic E-state index is 12.9. The zero-order valence-corrected chi connectivity index (χ0v) is 15.2. The minimum Gasteiger partial charge on any atom is -0.428 e. The van der Waals surface area contributed by atoms with Crippen LogP contribution in [0.5, 0.6) is 11.5 Å². The number of para-hydroxylation sites is 1. The number of benzene rings is 2. The number of alkyl halides is 4. The summed E-state index contributed by atoms with van der Waals surface area (Å²) in [6.07, 6.45) is -8.68. The number of anilines is 1. The molecule has 0 radical (unpaired) electrons. The van der Waals surface area contributed by atoms with E-state index in [2.05, 4.69) is 10.1 Å². The Kier molecular flexibility index (Phi) is 5.83. The normalized spacial score (nSPS) is 14.7. The van der Waals surface area contributed by atoms with Crippen molar-refractivity contribution in [1.29, 1.82) is 0 Å². The van der Waals surface area contributed by atoms with Crippen LogP contribution in [0.1, 0.15) is 23.2 Å². The molecule has 2 aromatic carbocycles. The monoisotopic (exact) mass is 428 g/mol. The fourth-order valence-electron chi connectivity index (χ4n) is 2.25. The van der Waals surface area contributed by atoms with Gasteiger partial charge in [-0.25, -0.2) is 4.79 Å². The van der Waals surface area contributed by atoms with Gasteiger partial charge in [-0.05, 0) is 36.4 Å². The van der Waals surface area contributed by atoms with Gasteiger partial charge in [0.05, 0.1) is 5.56 Å². The molecule has 160 valence electrons. The van der Waals surface area contributed by atoms with Crippen molar-refractivity contribution < 1.29 is 41.4 Å². The number of amides is 1. The standard InChI is InChI=1S/C19H16F4N2O5/c20-16(21)19(22,23)29-12-7-5-11(6-8-12)25-15(26)13-3-1-2-4-14(13)28-17(27)30-18(24)9-10-18/h1-8,16H,9-10,24H2,(H,25,26). The molecule has 3 rings (SSSR count). The van der Waals surface area contributed by atoms with Crippen LogP contribution in [0, 0.1) is 0 Å². The van der Waals surface area contributed by atoms with Crippen molar-refractivity contribution in [2.45, 2.75) is 31.1 Å². The van der Waals surface area contributed by atoms with Gasteiger partial charge in [-0.1, -0.05) is 12.1 Å². The SMILES string of the molecule is NC1(OC(=O)Oc2ccccc2C(=O)Nc2ccc(OC(F)(F)C(F)F)cc2)CC1. The van der Waals surface area contributed by atoms with E-state index in [1.165, 1.54) is 36.4 Å². The first-order valence-electron chi connectivity index (χ1n) is 8.63. The van der Waals surface area contributed by atoms with Crippen LogP contribution in [0.2, 0.25) is 0 Å². The summed E-state index contributed by atoms with van der Waals surface area (Å²) in [5.41, 5.74) is 4.77. The van der Waals surface area contributed by atoms with Crippen molar-refractivity contribution in [1.82, 2.24) is 0 Å². The van der Waals surface area contributed by atoms with Crippen molar-refractivity contribution in [2.75, 3.05) is 5.32 Å². The predicted octanol–water partition coefficient (Wildman–Crippen LogP) is 4.14. The second kappa shape index (κ2) is 8.19. The summed E-state index contributed by atoms with van der Waals surface area (Å²) in [6.45, 7) is 0. The number of hydrogen-bond donors (Lipinski definition) is 2. The lowest BCUT2D eigenvalue weighted by Gasteiger charge is -2.17. The van der Waals surface area contributed by atoms with E-state index in [9.17, 15) is 27.2 Å². The van der Waals surface area contributed by atoms with Crippen molar-refractivity contribution in [3.63, 3.8) is 0 Å². The Labute approximate surface area is 167 Å². The third kappa shape index (κ3) is 5.38. The van der Waals surface area contributed by atoms with Crippen LogP contribution in [0.4, 0.5) is 28.0 Å². The molecule has 7 nitrogen and oxygen atoms in total. The van der Waals surface area contributed by atoms with E-state index in [0.29, 0.717) is 12.8 Å². The van der Waals surface area contributed by atoms with Crippen molar-refractivity contribution >= 4 is 17.7 Å². The lowest BCUT2D eigenvalue weighted by atomic mass is 10.2. The highest BCUT2D eigenvalue weighted by Crippen LogP contribution is 2.34. The minimum absolute atomic E-state index is 0.0131. The van der Waals surface area contributed by atoms with Crippen LogP contribution in [0.3, 0.4) is 0 Å². The van der Waals surface area contributed by atoms with E-state index in [0.717, 1.165) is 12.1 Å². The van der Waals surface area contributed by atoms with Gasteiger partial charge in [0.1, 0.15) is 11.5 Å². The highest BCUT2D eigenvalue weighted by Gasteiger charge is 2.44. The second-order valence-corrected chi connectivity index (χ2v) is 6.46. The molecule has 1 fully saturated rings. The van der Waals surface area contributed by atoms with E-state index in [1.54, 1.807) is 0 Å². The molecule has 0 heterocycles. The number of carbonyl (C=O) groups excluding carboxylic acids is 2. The number of carbonyl (C=O) groups is 2. The Hall–Kier alpha value is -3.34. The zero-order valence-electron chi connectivity index (χ0n) is 15.2. The number of nitrogens with two attached hydrogens (primary N) is 1. The van der Waals surface area contributed by atoms with Crippen LogP contribution < -0.4 is 20.5 Å². The largest absolute Gasteiger partial charge is 0.515 e. The van der Waals surface area contributed by atoms with Crippen molar-refractivity contribution in [3.05, 3.63) is 54.1 Å². The van der Waals surface area contributed by atoms with Crippen molar-refractivity contribution in [3.8, 4) is 11.5 Å². The molecule has 0 saturated heterocycles. The van der Waals surface area contributed by atoms with Crippen LogP contribution in [-0.4, -0.2) is 30.3 Å². The van der Waals surface area contributed by atoms with Gasteiger partial charge < -0.3 is 19.5 Å². The molecule has 2 aromatic rings. The Morgan fingerprint density at radius 1 is 1.07 bits per heavy atom. The molecule has 1 aliphatic carbocycles. The van der Waals surface area contributed by atoms with Gasteiger partial charge in [-0.3, -0.25) is 10.5 Å². The molecule has 3 N–H and O–H groups in total. The second-order valence-electron chi connectivity index (χ2n) is 6.46. The van der Waals surface area contributed by atoms with Gasteiger partial charge in [-0.2, -0.15) is 17.6 Å². The molecule has 0 atom stereocenters. The van der Waals surface area contributed by atoms with Crippen molar-refractivity contribution in [2.24, 2.45) is 5.73 Å². The molecule has 1 saturated carbocycles. The Morgan fingerprint density at radius 2 is 1.70 bits per heavy atom. The molecule has 0 aliphatic heterocycles. The summed E-state index contributed by atoms with van der Waals surface area (Å²) in [6, 6.07) is 10.1. The molecule has 1 amide bonds. The molecule has 0 spiro atoms. The van der Waals surface area contributed by atoms with E-state index < -0.39 is 36.1 Å². The topological polar surface area (TPSA) is 99.9 Å². The number of nitrogens with one attached hydrogen (secondary N) is 1. The quantitative estimate of drug-likeness (QED) is 0.298. The number of hydrogen-bond acceptors (Lipinski definition) is 6. The van der Waals surface area contributed by atoms with Gasteiger partial charge in [0, 0.05) is 18.5 Å². The van der Waals surface area contributed by atoms with Gasteiger partial charge in [-0.15, -0.1) is 0 Å². The summed E-state index contributed by atoms with van der Waals surface area (Å²) >= 11 is 0. The highest BCUT2D eigenvalue weighted by atomic mass is 19.3. The summed E-state index contributed by atoms with van der Waals surface area (Å²) in [7, 11) is 0. The third-order valence-corrected chi connectivity index (χ3v) is 3.97. The van der Waals surface area contributed by atoms with Crippen LogP contribution in [0.25, 0.3) is 0 Å². The third-order valence-electron chi connectivity index (χ3n) is 3.97. The van der Waals surface area contributed by atoms with E-state index in [1.807, 2.05) is 0 Å². The first-order chi connectivity index (χ1) is 14.1. The molecule has 0 bridgehead atoms. The molecular formula is C19H16F4N2O5. The summed E-state index contributed by atoms with van der Waals surface area (Å²) in [5.74, 6) is -1.28. The predicted molar refractivity (Wildman–Crippen MR) is 95.7 cm³/mol. The fraction of sp³-hybridized carbons (Fsp3) is 0.263. The maximum Gasteiger partial charge on any atom is 0.515 e. The molecule has 1 aliphatic rings. The van der Waals surface area contributed by atoms with Crippen LogP contribution in [-0.2, 0) is 4.74 Å². The number of ether oxygens (including phenoxy) is 3. The fourth-order valence-corrected chi connectivity index (χ4v) is 2.25. The molecular weight excluding hydrogens is 412 g/mol. The Morgan fingerprint density at radius 3 is 2.30 bits per heavy atom. The van der Waals surface area contributed by atoms with E-state index in [-0.39, 0.29) is 17.0 Å². The van der Waals surface area contributed by atoms with Gasteiger partial charge in [0.2, 0.25) is 0 Å². The number of rotatable bonds is 7. The first-order valence-corrected chi connectivity index (χ1v) is 8.63. The molecule has 0 aromatic heterocycles. The summed E-state index contributed by atoms with van der Waals surface area (Å²) in [4.78, 5) is 24.3. The summed E-state index contributed by atoms with van der Waals surface area (Å²) in [5, 5.41) is 2.46. The van der Waals surface area contributed by atoms with Gasteiger partial charge in [0.25, 0.3) is 5.91 Å². The highest BCUT2D eigenvalue weighted by molar-refractivity contribution is 6.06. The van der Waals surface area contributed by atoms with Crippen LogP contribution >= 0.6 is 0 Å². The van der Waals surface area contributed by atoms with E-state index in [4.69, 9.17) is 15.2 Å². The summed E-state index contributed by atoms with van der Waals surface area (Å²) < 4.78 is 64.1. The van der Waals surface area contributed by atoms with Gasteiger partial charge >= 0.3 is 18.7 Å². The smallest absolute Gasteiger partial charge is 0.428 e. The first kappa shape index (κ1) is 21.4. The number of halogens is 4. The average Bonchev–Trinajstić information content (AvgIpc) is 3.39. The average molecular weight is 428 g/mol. The molecule has 30 heavy (non-hydrogen) atoms. The Balaban J connectivity index is 1.65. The van der Waals surface area contributed by atoms with E-state index >= 15 is 0 Å². The van der Waals surface area contributed by atoms with Gasteiger partial charge in [0.15, 0.2) is 5.72 Å². The lowest BCUT2D eigenvalue weighted by Crippen LogP contribution is -2.33. The molecule has 0 unspecified atom stereocenters.